The predicted octanol–water partition coefficient (Wildman–Crippen LogP) is 1.55. The van der Waals surface area contributed by atoms with Gasteiger partial charge in [-0.05, 0) is 18.1 Å². The molecule has 0 N–H and O–H groups in total. The SMILES string of the molecule is C#CC(=O)c1ccnc(Cl)c1. The van der Waals surface area contributed by atoms with Crippen molar-refractivity contribution < 1.29 is 4.79 Å². The molecule has 0 spiro atoms. The Morgan fingerprint density at radius 1 is 1.73 bits per heavy atom. The molecule has 0 saturated carbocycles. The van der Waals surface area contributed by atoms with Crippen LogP contribution in [-0.2, 0) is 0 Å². The molecule has 1 rings (SSSR count). The standard InChI is InChI=1S/C8H4ClNO/c1-2-7(11)6-3-4-10-8(9)5-6/h1,3-5H. The summed E-state index contributed by atoms with van der Waals surface area (Å²) in [6.07, 6.45) is 6.33. The van der Waals surface area contributed by atoms with Gasteiger partial charge in [-0.3, -0.25) is 4.79 Å². The van der Waals surface area contributed by atoms with E-state index < -0.39 is 0 Å². The molecule has 2 nitrogen and oxygen atoms in total. The Hall–Kier alpha value is -1.33. The van der Waals surface area contributed by atoms with Crippen molar-refractivity contribution in [3.63, 3.8) is 0 Å². The van der Waals surface area contributed by atoms with Gasteiger partial charge in [0.1, 0.15) is 5.15 Å². The molecule has 0 radical (unpaired) electrons. The van der Waals surface area contributed by atoms with E-state index in [4.69, 9.17) is 18.0 Å². The van der Waals surface area contributed by atoms with Gasteiger partial charge >= 0.3 is 0 Å². The van der Waals surface area contributed by atoms with E-state index >= 15 is 0 Å². The molecule has 0 unspecified atom stereocenters. The predicted molar refractivity (Wildman–Crippen MR) is 42.4 cm³/mol. The molecule has 0 atom stereocenters. The molecule has 0 amide bonds. The van der Waals surface area contributed by atoms with Crippen LogP contribution in [0.4, 0.5) is 0 Å². The lowest BCUT2D eigenvalue weighted by atomic mass is 10.2. The van der Waals surface area contributed by atoms with Crippen LogP contribution in [0.1, 0.15) is 10.4 Å². The van der Waals surface area contributed by atoms with E-state index in [1.165, 1.54) is 18.3 Å². The summed E-state index contributed by atoms with van der Waals surface area (Å²) in [5.41, 5.74) is 0.396. The van der Waals surface area contributed by atoms with Crippen LogP contribution in [0.5, 0.6) is 0 Å². The monoisotopic (exact) mass is 165 g/mol. The van der Waals surface area contributed by atoms with Gasteiger partial charge < -0.3 is 0 Å². The Balaban J connectivity index is 3.08. The molecule has 1 aromatic heterocycles. The first-order chi connectivity index (χ1) is 5.24. The van der Waals surface area contributed by atoms with Crippen LogP contribution in [0.3, 0.4) is 0 Å². The number of rotatable bonds is 1. The van der Waals surface area contributed by atoms with Gasteiger partial charge in [0, 0.05) is 11.8 Å². The second-order valence-corrected chi connectivity index (χ2v) is 2.23. The van der Waals surface area contributed by atoms with Crippen molar-refractivity contribution in [2.24, 2.45) is 0 Å². The van der Waals surface area contributed by atoms with Gasteiger partial charge in [0.05, 0.1) is 0 Å². The number of halogens is 1. The van der Waals surface area contributed by atoms with Crippen molar-refractivity contribution in [2.75, 3.05) is 0 Å². The van der Waals surface area contributed by atoms with Crippen molar-refractivity contribution in [2.45, 2.75) is 0 Å². The zero-order valence-corrected chi connectivity index (χ0v) is 6.30. The van der Waals surface area contributed by atoms with Crippen LogP contribution < -0.4 is 0 Å². The van der Waals surface area contributed by atoms with Crippen molar-refractivity contribution in [3.05, 3.63) is 29.0 Å². The van der Waals surface area contributed by atoms with E-state index in [1.807, 2.05) is 5.92 Å². The Kier molecular flexibility index (Phi) is 2.25. The maximum absolute atomic E-state index is 10.8. The molecule has 0 aliphatic rings. The summed E-state index contributed by atoms with van der Waals surface area (Å²) in [5, 5.41) is 0.270. The molecule has 0 saturated heterocycles. The Bertz CT molecular complexity index is 327. The lowest BCUT2D eigenvalue weighted by Gasteiger charge is -1.92. The first-order valence-electron chi connectivity index (χ1n) is 2.86. The second kappa shape index (κ2) is 3.18. The molecule has 11 heavy (non-hydrogen) atoms. The summed E-state index contributed by atoms with van der Waals surface area (Å²) >= 11 is 5.51. The number of hydrogen-bond donors (Lipinski definition) is 0. The van der Waals surface area contributed by atoms with Gasteiger partial charge in [0.2, 0.25) is 5.78 Å². The number of Topliss-reactive ketones (excluding diaryl/α,β-unsaturated/α-hetero) is 1. The van der Waals surface area contributed by atoms with E-state index in [-0.39, 0.29) is 10.9 Å². The summed E-state index contributed by atoms with van der Waals surface area (Å²) < 4.78 is 0. The summed E-state index contributed by atoms with van der Waals surface area (Å²) in [6.45, 7) is 0. The normalized spacial score (nSPS) is 8.73. The number of terminal acetylenes is 1. The average Bonchev–Trinajstić information content (AvgIpc) is 2.03. The zero-order chi connectivity index (χ0) is 8.27. The van der Waals surface area contributed by atoms with E-state index in [1.54, 1.807) is 0 Å². The van der Waals surface area contributed by atoms with Gasteiger partial charge in [0.25, 0.3) is 0 Å². The first-order valence-corrected chi connectivity index (χ1v) is 3.24. The molecule has 0 fully saturated rings. The Morgan fingerprint density at radius 2 is 2.45 bits per heavy atom. The fourth-order valence-electron chi connectivity index (χ4n) is 0.627. The first kappa shape index (κ1) is 7.77. The highest BCUT2D eigenvalue weighted by atomic mass is 35.5. The highest BCUT2D eigenvalue weighted by Gasteiger charge is 2.01. The van der Waals surface area contributed by atoms with Crippen LogP contribution in [0, 0.1) is 12.3 Å². The van der Waals surface area contributed by atoms with Crippen molar-refractivity contribution in [3.8, 4) is 12.3 Å². The van der Waals surface area contributed by atoms with Gasteiger partial charge in [-0.25, -0.2) is 4.98 Å². The van der Waals surface area contributed by atoms with Crippen molar-refractivity contribution >= 4 is 17.4 Å². The van der Waals surface area contributed by atoms with Crippen LogP contribution >= 0.6 is 11.6 Å². The third kappa shape index (κ3) is 1.79. The number of hydrogen-bond acceptors (Lipinski definition) is 2. The van der Waals surface area contributed by atoms with Crippen LogP contribution in [0.25, 0.3) is 0 Å². The number of carbonyl (C=O) groups is 1. The smallest absolute Gasteiger partial charge is 0.235 e. The fourth-order valence-corrected chi connectivity index (χ4v) is 0.801. The zero-order valence-electron chi connectivity index (χ0n) is 5.54. The Morgan fingerprint density at radius 3 is 3.00 bits per heavy atom. The molecule has 1 heterocycles. The number of aromatic nitrogens is 1. The number of pyridine rings is 1. The van der Waals surface area contributed by atoms with Crippen molar-refractivity contribution in [1.82, 2.24) is 4.98 Å². The topological polar surface area (TPSA) is 30.0 Å². The highest BCUT2D eigenvalue weighted by molar-refractivity contribution is 6.29. The van der Waals surface area contributed by atoms with Gasteiger partial charge in [-0.2, -0.15) is 0 Å². The summed E-state index contributed by atoms with van der Waals surface area (Å²) in [4.78, 5) is 14.5. The molecule has 3 heteroatoms. The van der Waals surface area contributed by atoms with Gasteiger partial charge in [-0.15, -0.1) is 6.42 Å². The quantitative estimate of drug-likeness (QED) is 0.274. The molecule has 1 aromatic rings. The third-order valence-electron chi connectivity index (χ3n) is 1.12. The minimum atomic E-state index is -0.380. The molecular weight excluding hydrogens is 162 g/mol. The molecule has 0 aliphatic carbocycles. The molecule has 54 valence electrons. The van der Waals surface area contributed by atoms with Gasteiger partial charge in [-0.1, -0.05) is 11.6 Å². The third-order valence-corrected chi connectivity index (χ3v) is 1.33. The maximum Gasteiger partial charge on any atom is 0.235 e. The number of carbonyl (C=O) groups excluding carboxylic acids is 1. The lowest BCUT2D eigenvalue weighted by Crippen LogP contribution is -1.94. The minimum absolute atomic E-state index is 0.270. The van der Waals surface area contributed by atoms with Crippen LogP contribution in [0.15, 0.2) is 18.3 Å². The second-order valence-electron chi connectivity index (χ2n) is 1.84. The molecule has 0 aromatic carbocycles. The lowest BCUT2D eigenvalue weighted by molar-refractivity contribution is 0.105. The average molecular weight is 166 g/mol. The van der Waals surface area contributed by atoms with Crippen LogP contribution in [0.2, 0.25) is 5.15 Å². The fraction of sp³-hybridized carbons (Fsp3) is 0. The molecule has 0 bridgehead atoms. The minimum Gasteiger partial charge on any atom is -0.279 e. The van der Waals surface area contributed by atoms with Gasteiger partial charge in [0.15, 0.2) is 0 Å². The van der Waals surface area contributed by atoms with Crippen molar-refractivity contribution in [1.29, 1.82) is 0 Å². The van der Waals surface area contributed by atoms with E-state index in [2.05, 4.69) is 4.98 Å². The van der Waals surface area contributed by atoms with Crippen LogP contribution in [-0.4, -0.2) is 10.8 Å². The maximum atomic E-state index is 10.8. The van der Waals surface area contributed by atoms with E-state index in [9.17, 15) is 4.79 Å². The summed E-state index contributed by atoms with van der Waals surface area (Å²) in [6, 6.07) is 2.96. The largest absolute Gasteiger partial charge is 0.279 e. The number of ketones is 1. The summed E-state index contributed by atoms with van der Waals surface area (Å²) in [5.74, 6) is 1.60. The Labute approximate surface area is 69.2 Å². The van der Waals surface area contributed by atoms with E-state index in [0.29, 0.717) is 5.56 Å². The molecular formula is C8H4ClNO. The highest BCUT2D eigenvalue weighted by Crippen LogP contribution is 2.06. The summed E-state index contributed by atoms with van der Waals surface area (Å²) in [7, 11) is 0. The van der Waals surface area contributed by atoms with E-state index in [0.717, 1.165) is 0 Å². The number of nitrogens with zero attached hydrogens (tertiary/aromatic N) is 1. The molecule has 0 aliphatic heterocycles.